The van der Waals surface area contributed by atoms with Crippen LogP contribution in [0.3, 0.4) is 0 Å². The lowest BCUT2D eigenvalue weighted by Gasteiger charge is -2.22. The van der Waals surface area contributed by atoms with Gasteiger partial charge in [0.1, 0.15) is 11.6 Å². The molecule has 4 nitrogen and oxygen atoms in total. The third-order valence-electron chi connectivity index (χ3n) is 6.00. The first-order chi connectivity index (χ1) is 14.5. The molecule has 0 heterocycles. The third kappa shape index (κ3) is 4.46. The fourth-order valence-electron chi connectivity index (χ4n) is 4.52. The van der Waals surface area contributed by atoms with E-state index in [9.17, 15) is 9.18 Å². The average molecular weight is 407 g/mol. The predicted octanol–water partition coefficient (Wildman–Crippen LogP) is 5.43. The Morgan fingerprint density at radius 1 is 1.10 bits per heavy atom. The predicted molar refractivity (Wildman–Crippen MR) is 115 cm³/mol. The second kappa shape index (κ2) is 8.84. The number of carbonyl (C=O) groups is 1. The summed E-state index contributed by atoms with van der Waals surface area (Å²) in [7, 11) is 0. The van der Waals surface area contributed by atoms with Crippen molar-refractivity contribution in [2.24, 2.45) is 0 Å². The highest BCUT2D eigenvalue weighted by Gasteiger charge is 2.27. The van der Waals surface area contributed by atoms with E-state index < -0.39 is 5.97 Å². The van der Waals surface area contributed by atoms with Gasteiger partial charge in [-0.25, -0.2) is 9.18 Å². The first-order valence-corrected chi connectivity index (χ1v) is 10.4. The number of halogens is 1. The van der Waals surface area contributed by atoms with E-state index in [1.54, 1.807) is 6.07 Å². The van der Waals surface area contributed by atoms with Gasteiger partial charge in [0.15, 0.2) is 6.61 Å². The summed E-state index contributed by atoms with van der Waals surface area (Å²) < 4.78 is 19.3. The van der Waals surface area contributed by atoms with E-state index in [0.717, 1.165) is 30.2 Å². The maximum Gasteiger partial charge on any atom is 0.341 e. The molecular weight excluding hydrogens is 381 g/mol. The second-order valence-electron chi connectivity index (χ2n) is 8.03. The fraction of sp³-hybridized carbons (Fsp3) is 0.320. The molecule has 3 aromatic rings. The summed E-state index contributed by atoms with van der Waals surface area (Å²) in [5, 5.41) is 14.1. The number of nitrogens with one attached hydrogen (secondary N) is 1. The molecule has 3 aromatic carbocycles. The summed E-state index contributed by atoms with van der Waals surface area (Å²) in [5.74, 6) is -0.121. The van der Waals surface area contributed by atoms with Gasteiger partial charge in [0.25, 0.3) is 0 Å². The first kappa shape index (κ1) is 20.4. The summed E-state index contributed by atoms with van der Waals surface area (Å²) in [5.41, 5.74) is 2.37. The minimum atomic E-state index is -0.980. The molecule has 0 aromatic heterocycles. The molecule has 1 fully saturated rings. The maximum atomic E-state index is 14.1. The molecule has 2 N–H and O–H groups in total. The lowest BCUT2D eigenvalue weighted by molar-refractivity contribution is -0.139. The Bertz CT molecular complexity index is 1030. The van der Waals surface area contributed by atoms with Crippen LogP contribution in [0.15, 0.2) is 60.7 Å². The summed E-state index contributed by atoms with van der Waals surface area (Å²) >= 11 is 0. The van der Waals surface area contributed by atoms with Crippen molar-refractivity contribution in [3.63, 3.8) is 0 Å². The van der Waals surface area contributed by atoms with Crippen LogP contribution in [0.5, 0.6) is 5.75 Å². The zero-order valence-electron chi connectivity index (χ0n) is 17.0. The molecule has 1 unspecified atom stereocenters. The Balaban J connectivity index is 1.39. The second-order valence-corrected chi connectivity index (χ2v) is 8.03. The van der Waals surface area contributed by atoms with Crippen molar-refractivity contribution in [2.75, 3.05) is 6.61 Å². The largest absolute Gasteiger partial charge is 0.482 e. The van der Waals surface area contributed by atoms with Gasteiger partial charge in [0.05, 0.1) is 0 Å². The van der Waals surface area contributed by atoms with Crippen LogP contribution in [0.2, 0.25) is 0 Å². The zero-order valence-corrected chi connectivity index (χ0v) is 17.0. The highest BCUT2D eigenvalue weighted by atomic mass is 19.1. The molecule has 0 saturated heterocycles. The lowest BCUT2D eigenvalue weighted by Crippen LogP contribution is -2.29. The van der Waals surface area contributed by atoms with Crippen LogP contribution in [-0.2, 0) is 4.79 Å². The highest BCUT2D eigenvalue weighted by molar-refractivity contribution is 5.86. The molecule has 30 heavy (non-hydrogen) atoms. The summed E-state index contributed by atoms with van der Waals surface area (Å²) in [6, 6.07) is 19.3. The van der Waals surface area contributed by atoms with Crippen molar-refractivity contribution in [1.82, 2.24) is 5.32 Å². The Labute approximate surface area is 175 Å². The quantitative estimate of drug-likeness (QED) is 0.548. The normalized spacial score (nSPS) is 19.7. The lowest BCUT2D eigenvalue weighted by atomic mass is 9.96. The summed E-state index contributed by atoms with van der Waals surface area (Å²) in [6.07, 6.45) is 3.23. The van der Waals surface area contributed by atoms with Gasteiger partial charge in [-0.1, -0.05) is 42.5 Å². The molecule has 4 rings (SSSR count). The summed E-state index contributed by atoms with van der Waals surface area (Å²) in [4.78, 5) is 10.6. The Kier molecular flexibility index (Phi) is 6.00. The van der Waals surface area contributed by atoms with Gasteiger partial charge < -0.3 is 15.2 Å². The van der Waals surface area contributed by atoms with Crippen LogP contribution < -0.4 is 10.1 Å². The minimum absolute atomic E-state index is 0.131. The molecule has 0 radical (unpaired) electrons. The molecule has 0 spiro atoms. The standard InChI is InChI=1S/C25H26FNO3/c1-16(21-12-13-24(26)23-5-3-2-4-22(21)23)27-19-9-6-18(14-19)17-7-10-20(11-8-17)30-15-25(28)29/h2-5,7-8,10-13,16,18-19,27H,6,9,14-15H2,1H3,(H,28,29)/t16-,18?,19+/m1/s1. The molecule has 1 aliphatic rings. The third-order valence-corrected chi connectivity index (χ3v) is 6.00. The molecule has 0 amide bonds. The van der Waals surface area contributed by atoms with E-state index in [0.29, 0.717) is 23.1 Å². The van der Waals surface area contributed by atoms with Gasteiger partial charge in [0, 0.05) is 17.5 Å². The van der Waals surface area contributed by atoms with Gasteiger partial charge in [-0.05, 0) is 66.8 Å². The zero-order chi connectivity index (χ0) is 21.1. The van der Waals surface area contributed by atoms with Crippen molar-refractivity contribution in [2.45, 2.75) is 44.2 Å². The number of hydrogen-bond acceptors (Lipinski definition) is 3. The highest BCUT2D eigenvalue weighted by Crippen LogP contribution is 2.36. The van der Waals surface area contributed by atoms with Crippen molar-refractivity contribution in [3.8, 4) is 5.75 Å². The molecule has 3 atom stereocenters. The number of aliphatic carboxylic acids is 1. The summed E-state index contributed by atoms with van der Waals surface area (Å²) in [6.45, 7) is 1.81. The fourth-order valence-corrected chi connectivity index (χ4v) is 4.52. The molecule has 5 heteroatoms. The van der Waals surface area contributed by atoms with Crippen LogP contribution in [0.1, 0.15) is 49.3 Å². The van der Waals surface area contributed by atoms with Crippen molar-refractivity contribution in [1.29, 1.82) is 0 Å². The molecule has 156 valence electrons. The van der Waals surface area contributed by atoms with E-state index in [1.165, 1.54) is 5.56 Å². The topological polar surface area (TPSA) is 58.6 Å². The van der Waals surface area contributed by atoms with Gasteiger partial charge >= 0.3 is 5.97 Å². The molecule has 0 aliphatic heterocycles. The van der Waals surface area contributed by atoms with Crippen LogP contribution in [0, 0.1) is 5.82 Å². The Morgan fingerprint density at radius 2 is 1.83 bits per heavy atom. The molecule has 0 bridgehead atoms. The van der Waals surface area contributed by atoms with E-state index in [4.69, 9.17) is 9.84 Å². The van der Waals surface area contributed by atoms with Crippen LogP contribution in [0.4, 0.5) is 4.39 Å². The number of hydrogen-bond donors (Lipinski definition) is 2. The molecule has 1 saturated carbocycles. The van der Waals surface area contributed by atoms with E-state index >= 15 is 0 Å². The maximum absolute atomic E-state index is 14.1. The number of fused-ring (bicyclic) bond motifs is 1. The van der Waals surface area contributed by atoms with E-state index in [-0.39, 0.29) is 18.5 Å². The van der Waals surface area contributed by atoms with Crippen LogP contribution >= 0.6 is 0 Å². The van der Waals surface area contributed by atoms with E-state index in [1.807, 2.05) is 54.6 Å². The van der Waals surface area contributed by atoms with Gasteiger partial charge in [-0.2, -0.15) is 0 Å². The smallest absolute Gasteiger partial charge is 0.341 e. The Morgan fingerprint density at radius 3 is 2.57 bits per heavy atom. The minimum Gasteiger partial charge on any atom is -0.482 e. The monoisotopic (exact) mass is 407 g/mol. The SMILES string of the molecule is C[C@@H](N[C@H]1CCC(c2ccc(OCC(=O)O)cc2)C1)c1ccc(F)c2ccccc12. The van der Waals surface area contributed by atoms with Crippen LogP contribution in [0.25, 0.3) is 10.8 Å². The van der Waals surface area contributed by atoms with Gasteiger partial charge in [-0.3, -0.25) is 0 Å². The number of carboxylic acid groups (broad SMARTS) is 1. The Hall–Kier alpha value is -2.92. The first-order valence-electron chi connectivity index (χ1n) is 10.4. The number of benzene rings is 3. The van der Waals surface area contributed by atoms with Crippen molar-refractivity contribution < 1.29 is 19.0 Å². The number of carboxylic acids is 1. The van der Waals surface area contributed by atoms with Crippen molar-refractivity contribution in [3.05, 3.63) is 77.6 Å². The molecule has 1 aliphatic carbocycles. The van der Waals surface area contributed by atoms with Gasteiger partial charge in [-0.15, -0.1) is 0 Å². The van der Waals surface area contributed by atoms with Crippen molar-refractivity contribution >= 4 is 16.7 Å². The molecular formula is C25H26FNO3. The van der Waals surface area contributed by atoms with Crippen LogP contribution in [-0.4, -0.2) is 23.7 Å². The van der Waals surface area contributed by atoms with E-state index in [2.05, 4.69) is 12.2 Å². The average Bonchev–Trinajstić information content (AvgIpc) is 3.21. The number of ether oxygens (including phenoxy) is 1. The number of rotatable bonds is 7. The van der Waals surface area contributed by atoms with Gasteiger partial charge in [0.2, 0.25) is 0 Å².